The number of ether oxygens (including phenoxy) is 1. The summed E-state index contributed by atoms with van der Waals surface area (Å²) < 4.78 is 47.0. The average molecular weight is 408 g/mol. The summed E-state index contributed by atoms with van der Waals surface area (Å²) in [4.78, 5) is 10.4. The van der Waals surface area contributed by atoms with Gasteiger partial charge in [-0.2, -0.15) is 18.3 Å². The topological polar surface area (TPSA) is 93.0 Å². The van der Waals surface area contributed by atoms with Gasteiger partial charge < -0.3 is 15.4 Å². The molecule has 1 atom stereocenters. The lowest BCUT2D eigenvalue weighted by Crippen LogP contribution is -2.55. The van der Waals surface area contributed by atoms with E-state index in [0.717, 1.165) is 6.07 Å². The second kappa shape index (κ2) is 7.27. The van der Waals surface area contributed by atoms with Crippen LogP contribution in [-0.2, 0) is 10.9 Å². The van der Waals surface area contributed by atoms with Crippen LogP contribution in [0, 0.1) is 0 Å². The third-order valence-electron chi connectivity index (χ3n) is 5.34. The number of hydrogen-bond donors (Lipinski definition) is 2. The molecule has 0 radical (unpaired) electrons. The quantitative estimate of drug-likeness (QED) is 0.689. The Kier molecular flexibility index (Phi) is 4.91. The summed E-state index contributed by atoms with van der Waals surface area (Å²) in [6.07, 6.45) is -2.33. The molecule has 0 amide bonds. The molecule has 3 aromatic rings. The molecule has 0 aliphatic carbocycles. The predicted octanol–water partition coefficient (Wildman–Crippen LogP) is 3.23. The number of rotatable bonds is 4. The van der Waals surface area contributed by atoms with Gasteiger partial charge in [-0.3, -0.25) is 5.10 Å². The summed E-state index contributed by atoms with van der Waals surface area (Å²) in [5.41, 5.74) is 4.86. The van der Waals surface area contributed by atoms with Crippen LogP contribution in [0.25, 0.3) is 22.4 Å². The third kappa shape index (κ3) is 3.53. The minimum atomic E-state index is -4.56. The van der Waals surface area contributed by atoms with Crippen molar-refractivity contribution in [2.24, 2.45) is 5.73 Å². The van der Waals surface area contributed by atoms with Crippen LogP contribution >= 0.6 is 0 Å². The van der Waals surface area contributed by atoms with E-state index >= 15 is 0 Å². The van der Waals surface area contributed by atoms with E-state index in [0.29, 0.717) is 49.5 Å². The van der Waals surface area contributed by atoms with Gasteiger partial charge >= 0.3 is 6.18 Å². The van der Waals surface area contributed by atoms with E-state index in [4.69, 9.17) is 10.5 Å². The van der Waals surface area contributed by atoms with Crippen molar-refractivity contribution in [3.8, 4) is 11.4 Å². The minimum absolute atomic E-state index is 0. The fourth-order valence-corrected chi connectivity index (χ4v) is 3.60. The van der Waals surface area contributed by atoms with Crippen LogP contribution in [0.2, 0.25) is 0 Å². The van der Waals surface area contributed by atoms with Crippen LogP contribution in [0.4, 0.5) is 19.0 Å². The van der Waals surface area contributed by atoms with Crippen LogP contribution in [0.15, 0.2) is 30.5 Å². The van der Waals surface area contributed by atoms with Crippen LogP contribution in [0.3, 0.4) is 0 Å². The number of aromatic amines is 1. The lowest BCUT2D eigenvalue weighted by Gasteiger charge is -2.42. The van der Waals surface area contributed by atoms with Gasteiger partial charge in [-0.15, -0.1) is 0 Å². The molecule has 1 aliphatic rings. The summed E-state index contributed by atoms with van der Waals surface area (Å²) in [5, 5.41) is 7.17. The second-order valence-electron chi connectivity index (χ2n) is 7.05. The van der Waals surface area contributed by atoms with Crippen molar-refractivity contribution < 1.29 is 19.3 Å². The average Bonchev–Trinajstić information content (AvgIpc) is 3.17. The molecule has 29 heavy (non-hydrogen) atoms. The smallest absolute Gasteiger partial charge is 0.370 e. The maximum absolute atomic E-state index is 13.7. The van der Waals surface area contributed by atoms with Crippen molar-refractivity contribution in [1.29, 1.82) is 0 Å². The number of anilines is 1. The van der Waals surface area contributed by atoms with Crippen molar-refractivity contribution in [1.82, 2.24) is 20.2 Å². The number of morpholine rings is 1. The van der Waals surface area contributed by atoms with Gasteiger partial charge in [0.2, 0.25) is 0 Å². The first-order valence-electron chi connectivity index (χ1n) is 9.33. The molecule has 1 fully saturated rings. The van der Waals surface area contributed by atoms with E-state index < -0.39 is 17.3 Å². The Morgan fingerprint density at radius 3 is 2.90 bits per heavy atom. The number of alkyl halides is 3. The third-order valence-corrected chi connectivity index (χ3v) is 5.34. The van der Waals surface area contributed by atoms with Gasteiger partial charge in [0, 0.05) is 32.6 Å². The SMILES string of the molecule is CCC1(CN)CN(c2ccc(C(F)(F)F)c(-c3[nH]nc4ncccc34)n2)CCO1.[HH]. The molecule has 3 N–H and O–H groups in total. The molecule has 4 rings (SSSR count). The zero-order valence-corrected chi connectivity index (χ0v) is 15.8. The van der Waals surface area contributed by atoms with E-state index in [1.165, 1.54) is 12.3 Å². The zero-order chi connectivity index (χ0) is 20.6. The first-order chi connectivity index (χ1) is 13.9. The van der Waals surface area contributed by atoms with Gasteiger partial charge in [0.05, 0.1) is 23.5 Å². The second-order valence-corrected chi connectivity index (χ2v) is 7.05. The molecule has 156 valence electrons. The molecule has 1 aliphatic heterocycles. The molecule has 3 aromatic heterocycles. The van der Waals surface area contributed by atoms with E-state index in [9.17, 15) is 13.2 Å². The summed E-state index contributed by atoms with van der Waals surface area (Å²) >= 11 is 0. The number of pyridine rings is 2. The number of hydrogen-bond acceptors (Lipinski definition) is 6. The molecule has 1 unspecified atom stereocenters. The molecular formula is C19H23F3N6O. The molecule has 0 spiro atoms. The molecule has 10 heteroatoms. The van der Waals surface area contributed by atoms with E-state index in [-0.39, 0.29) is 12.8 Å². The zero-order valence-electron chi connectivity index (χ0n) is 15.8. The lowest BCUT2D eigenvalue weighted by molar-refractivity contribution is -0.137. The molecule has 0 saturated carbocycles. The number of fused-ring (bicyclic) bond motifs is 1. The maximum Gasteiger partial charge on any atom is 0.418 e. The Balaban J connectivity index is 0.00000256. The standard InChI is InChI=1S/C19H21F3N6O.H2/c1-2-18(10-23)11-28(8-9-29-18)14-6-5-13(19(20,21)22)16(25-14)15-12-4-3-7-24-17(12)27-26-15;/h3-7H,2,8-11,23H2,1H3,(H,24,26,27);1H. The Hall–Kier alpha value is -2.72. The van der Waals surface area contributed by atoms with Crippen LogP contribution in [0.1, 0.15) is 20.3 Å². The fourth-order valence-electron chi connectivity index (χ4n) is 3.60. The van der Waals surface area contributed by atoms with Crippen LogP contribution in [0.5, 0.6) is 0 Å². The number of nitrogens with one attached hydrogen (secondary N) is 1. The minimum Gasteiger partial charge on any atom is -0.370 e. The highest BCUT2D eigenvalue weighted by molar-refractivity contribution is 5.90. The highest BCUT2D eigenvalue weighted by Gasteiger charge is 2.38. The van der Waals surface area contributed by atoms with Crippen LogP contribution < -0.4 is 10.6 Å². The van der Waals surface area contributed by atoms with E-state index in [1.54, 1.807) is 12.1 Å². The summed E-state index contributed by atoms with van der Waals surface area (Å²) in [7, 11) is 0. The van der Waals surface area contributed by atoms with Crippen molar-refractivity contribution in [3.63, 3.8) is 0 Å². The van der Waals surface area contributed by atoms with Gasteiger partial charge in [0.15, 0.2) is 5.65 Å². The Labute approximate surface area is 166 Å². The molecule has 0 bridgehead atoms. The molecule has 1 saturated heterocycles. The highest BCUT2D eigenvalue weighted by atomic mass is 19.4. The van der Waals surface area contributed by atoms with E-state index in [2.05, 4.69) is 20.2 Å². The Bertz CT molecular complexity index is 1020. The summed E-state index contributed by atoms with van der Waals surface area (Å²) in [6.45, 7) is 3.71. The molecule has 4 heterocycles. The lowest BCUT2D eigenvalue weighted by atomic mass is 9.98. The van der Waals surface area contributed by atoms with Gasteiger partial charge in [-0.1, -0.05) is 6.92 Å². The van der Waals surface area contributed by atoms with Crippen molar-refractivity contribution in [3.05, 3.63) is 36.0 Å². The number of nitrogens with two attached hydrogens (primary N) is 1. The first-order valence-corrected chi connectivity index (χ1v) is 9.33. The highest BCUT2D eigenvalue weighted by Crippen LogP contribution is 2.39. The van der Waals surface area contributed by atoms with Gasteiger partial charge in [-0.05, 0) is 30.7 Å². The van der Waals surface area contributed by atoms with Gasteiger partial charge in [0.25, 0.3) is 0 Å². The molecular weight excluding hydrogens is 385 g/mol. The normalized spacial score (nSPS) is 20.4. The monoisotopic (exact) mass is 408 g/mol. The maximum atomic E-state index is 13.7. The van der Waals surface area contributed by atoms with Gasteiger partial charge in [-0.25, -0.2) is 9.97 Å². The predicted molar refractivity (Wildman–Crippen MR) is 104 cm³/mol. The summed E-state index contributed by atoms with van der Waals surface area (Å²) in [6, 6.07) is 5.77. The fraction of sp³-hybridized carbons (Fsp3) is 0.421. The number of halogens is 3. The van der Waals surface area contributed by atoms with Crippen molar-refractivity contribution in [2.45, 2.75) is 25.1 Å². The number of nitrogens with zero attached hydrogens (tertiary/aromatic N) is 4. The largest absolute Gasteiger partial charge is 0.418 e. The Morgan fingerprint density at radius 1 is 1.34 bits per heavy atom. The first kappa shape index (κ1) is 19.6. The van der Waals surface area contributed by atoms with Crippen molar-refractivity contribution >= 4 is 16.9 Å². The van der Waals surface area contributed by atoms with E-state index in [1.807, 2.05) is 11.8 Å². The van der Waals surface area contributed by atoms with Crippen molar-refractivity contribution in [2.75, 3.05) is 31.1 Å². The summed E-state index contributed by atoms with van der Waals surface area (Å²) in [5.74, 6) is 0.439. The van der Waals surface area contributed by atoms with Gasteiger partial charge in [0.1, 0.15) is 11.5 Å². The number of aromatic nitrogens is 4. The number of H-pyrrole nitrogens is 1. The van der Waals surface area contributed by atoms with Crippen LogP contribution in [-0.4, -0.2) is 52.0 Å². The Morgan fingerprint density at radius 2 is 2.17 bits per heavy atom. The molecule has 0 aromatic carbocycles. The molecule has 7 nitrogen and oxygen atoms in total.